The van der Waals surface area contributed by atoms with E-state index in [2.05, 4.69) is 32.7 Å². The van der Waals surface area contributed by atoms with Crippen molar-refractivity contribution in [3.8, 4) is 5.69 Å². The highest BCUT2D eigenvalue weighted by Crippen LogP contribution is 2.15. The molecule has 8 heteroatoms. The number of aromatic nitrogens is 3. The van der Waals surface area contributed by atoms with Gasteiger partial charge in [0, 0.05) is 26.2 Å². The summed E-state index contributed by atoms with van der Waals surface area (Å²) in [7, 11) is 0. The molecule has 0 aliphatic carbocycles. The second-order valence-corrected chi connectivity index (χ2v) is 7.92. The number of carbonyl (C=O) groups excluding carboxylic acids is 1. The van der Waals surface area contributed by atoms with Crippen LogP contribution in [0, 0.1) is 12.7 Å². The van der Waals surface area contributed by atoms with Gasteiger partial charge in [-0.05, 0) is 55.2 Å². The monoisotopic (exact) mass is 423 g/mol. The fraction of sp³-hybridized carbons (Fsp3) is 0.348. The standard InChI is InChI=1S/C23H26FN5O2/c1-16-22(26-27-29(16)20-8-6-19(24)7-9-20)23(31)25-14-17-2-4-18(5-3-17)15-28-12-10-21(30)11-13-28/h2-9,21,30H,10-15H2,1H3,(H,25,31). The van der Waals surface area contributed by atoms with Crippen LogP contribution < -0.4 is 5.32 Å². The van der Waals surface area contributed by atoms with E-state index in [1.807, 2.05) is 12.1 Å². The minimum Gasteiger partial charge on any atom is -0.393 e. The number of aliphatic hydroxyl groups is 1. The lowest BCUT2D eigenvalue weighted by atomic mass is 10.1. The Morgan fingerprint density at radius 1 is 1.10 bits per heavy atom. The van der Waals surface area contributed by atoms with Gasteiger partial charge in [0.2, 0.25) is 0 Å². The average Bonchev–Trinajstić information content (AvgIpc) is 3.16. The van der Waals surface area contributed by atoms with E-state index in [-0.39, 0.29) is 23.5 Å². The first-order valence-corrected chi connectivity index (χ1v) is 10.4. The summed E-state index contributed by atoms with van der Waals surface area (Å²) in [5, 5.41) is 20.5. The van der Waals surface area contributed by atoms with Crippen molar-refractivity contribution >= 4 is 5.91 Å². The molecule has 162 valence electrons. The van der Waals surface area contributed by atoms with Crippen LogP contribution in [-0.2, 0) is 13.1 Å². The van der Waals surface area contributed by atoms with E-state index in [0.29, 0.717) is 17.9 Å². The number of benzene rings is 2. The third kappa shape index (κ3) is 5.15. The lowest BCUT2D eigenvalue weighted by molar-refractivity contribution is 0.0792. The zero-order valence-electron chi connectivity index (χ0n) is 17.5. The van der Waals surface area contributed by atoms with E-state index in [9.17, 15) is 14.3 Å². The van der Waals surface area contributed by atoms with Gasteiger partial charge in [0.25, 0.3) is 5.91 Å². The van der Waals surface area contributed by atoms with Crippen LogP contribution in [0.5, 0.6) is 0 Å². The summed E-state index contributed by atoms with van der Waals surface area (Å²) in [5.41, 5.74) is 3.68. The molecule has 1 amide bonds. The molecule has 0 spiro atoms. The Balaban J connectivity index is 1.33. The smallest absolute Gasteiger partial charge is 0.274 e. The fourth-order valence-electron chi connectivity index (χ4n) is 3.73. The molecule has 2 aromatic carbocycles. The van der Waals surface area contributed by atoms with Crippen molar-refractivity contribution in [2.75, 3.05) is 13.1 Å². The van der Waals surface area contributed by atoms with Crippen LogP contribution in [0.4, 0.5) is 4.39 Å². The predicted molar refractivity (Wildman–Crippen MR) is 114 cm³/mol. The number of hydrogen-bond donors (Lipinski definition) is 2. The largest absolute Gasteiger partial charge is 0.393 e. The molecule has 31 heavy (non-hydrogen) atoms. The number of rotatable bonds is 6. The Hall–Kier alpha value is -3.10. The Kier molecular flexibility index (Phi) is 6.39. The number of amides is 1. The molecule has 1 fully saturated rings. The summed E-state index contributed by atoms with van der Waals surface area (Å²) >= 11 is 0. The summed E-state index contributed by atoms with van der Waals surface area (Å²) in [6, 6.07) is 14.0. The second-order valence-electron chi connectivity index (χ2n) is 7.92. The van der Waals surface area contributed by atoms with Crippen LogP contribution in [0.1, 0.15) is 40.2 Å². The summed E-state index contributed by atoms with van der Waals surface area (Å²) in [4.78, 5) is 14.9. The Morgan fingerprint density at radius 2 is 1.74 bits per heavy atom. The van der Waals surface area contributed by atoms with Crippen molar-refractivity contribution in [1.29, 1.82) is 0 Å². The Labute approximate surface area is 180 Å². The maximum Gasteiger partial charge on any atom is 0.274 e. The zero-order chi connectivity index (χ0) is 21.8. The molecule has 4 rings (SSSR count). The minimum absolute atomic E-state index is 0.164. The van der Waals surface area contributed by atoms with E-state index in [1.165, 1.54) is 22.4 Å². The molecule has 0 atom stereocenters. The van der Waals surface area contributed by atoms with E-state index in [1.54, 1.807) is 19.1 Å². The summed E-state index contributed by atoms with van der Waals surface area (Å²) in [5.74, 6) is -0.637. The summed E-state index contributed by atoms with van der Waals surface area (Å²) in [6.45, 7) is 4.84. The highest BCUT2D eigenvalue weighted by Gasteiger charge is 2.18. The van der Waals surface area contributed by atoms with Crippen LogP contribution in [-0.4, -0.2) is 50.1 Å². The van der Waals surface area contributed by atoms with Crippen molar-refractivity contribution in [3.63, 3.8) is 0 Å². The first-order valence-electron chi connectivity index (χ1n) is 10.4. The highest BCUT2D eigenvalue weighted by molar-refractivity contribution is 5.93. The molecule has 0 unspecified atom stereocenters. The van der Waals surface area contributed by atoms with E-state index < -0.39 is 0 Å². The van der Waals surface area contributed by atoms with Gasteiger partial charge in [-0.3, -0.25) is 9.69 Å². The minimum atomic E-state index is -0.333. The Bertz CT molecular complexity index is 1030. The normalized spacial score (nSPS) is 15.2. The van der Waals surface area contributed by atoms with Crippen molar-refractivity contribution < 1.29 is 14.3 Å². The van der Waals surface area contributed by atoms with Gasteiger partial charge in [-0.25, -0.2) is 9.07 Å². The molecule has 1 aliphatic rings. The van der Waals surface area contributed by atoms with Crippen LogP contribution in [0.2, 0.25) is 0 Å². The third-order valence-corrected chi connectivity index (χ3v) is 5.62. The molecular formula is C23H26FN5O2. The van der Waals surface area contributed by atoms with E-state index >= 15 is 0 Å². The predicted octanol–water partition coefficient (Wildman–Crippen LogP) is 2.60. The number of hydrogen-bond acceptors (Lipinski definition) is 5. The summed E-state index contributed by atoms with van der Waals surface area (Å²) in [6.07, 6.45) is 1.49. The van der Waals surface area contributed by atoms with Gasteiger partial charge in [-0.2, -0.15) is 0 Å². The van der Waals surface area contributed by atoms with Gasteiger partial charge in [-0.1, -0.05) is 29.5 Å². The van der Waals surface area contributed by atoms with Gasteiger partial charge < -0.3 is 10.4 Å². The van der Waals surface area contributed by atoms with Crippen molar-refractivity contribution in [2.24, 2.45) is 0 Å². The molecule has 2 heterocycles. The first kappa shape index (κ1) is 21.1. The third-order valence-electron chi connectivity index (χ3n) is 5.62. The van der Waals surface area contributed by atoms with Crippen LogP contribution in [0.25, 0.3) is 5.69 Å². The number of likely N-dealkylation sites (tertiary alicyclic amines) is 1. The van der Waals surface area contributed by atoms with E-state index in [0.717, 1.165) is 38.0 Å². The van der Waals surface area contributed by atoms with E-state index in [4.69, 9.17) is 0 Å². The maximum absolute atomic E-state index is 13.1. The van der Waals surface area contributed by atoms with Crippen molar-refractivity contribution in [3.05, 3.63) is 76.9 Å². The molecule has 2 N–H and O–H groups in total. The lowest BCUT2D eigenvalue weighted by Gasteiger charge is -2.29. The molecule has 1 aromatic heterocycles. The highest BCUT2D eigenvalue weighted by atomic mass is 19.1. The molecule has 1 saturated heterocycles. The van der Waals surface area contributed by atoms with Gasteiger partial charge in [0.05, 0.1) is 17.5 Å². The first-order chi connectivity index (χ1) is 15.0. The van der Waals surface area contributed by atoms with Gasteiger partial charge in [-0.15, -0.1) is 5.10 Å². The van der Waals surface area contributed by atoms with Gasteiger partial charge in [0.15, 0.2) is 5.69 Å². The number of nitrogens with zero attached hydrogens (tertiary/aromatic N) is 4. The molecule has 3 aromatic rings. The Morgan fingerprint density at radius 3 is 2.42 bits per heavy atom. The number of nitrogens with one attached hydrogen (secondary N) is 1. The molecule has 0 saturated carbocycles. The number of piperidine rings is 1. The second kappa shape index (κ2) is 9.36. The van der Waals surface area contributed by atoms with Crippen LogP contribution >= 0.6 is 0 Å². The zero-order valence-corrected chi connectivity index (χ0v) is 17.5. The average molecular weight is 423 g/mol. The quantitative estimate of drug-likeness (QED) is 0.637. The van der Waals surface area contributed by atoms with Crippen LogP contribution in [0.3, 0.4) is 0 Å². The van der Waals surface area contributed by atoms with Gasteiger partial charge >= 0.3 is 0 Å². The molecule has 0 bridgehead atoms. The maximum atomic E-state index is 13.1. The summed E-state index contributed by atoms with van der Waals surface area (Å²) < 4.78 is 14.7. The SMILES string of the molecule is Cc1c(C(=O)NCc2ccc(CN3CCC(O)CC3)cc2)nnn1-c1ccc(F)cc1. The number of aliphatic hydroxyl groups excluding tert-OH is 1. The molecule has 0 radical (unpaired) electrons. The lowest BCUT2D eigenvalue weighted by Crippen LogP contribution is -2.35. The molecular weight excluding hydrogens is 397 g/mol. The van der Waals surface area contributed by atoms with Crippen LogP contribution in [0.15, 0.2) is 48.5 Å². The molecule has 1 aliphatic heterocycles. The fourth-order valence-corrected chi connectivity index (χ4v) is 3.73. The van der Waals surface area contributed by atoms with Crippen molar-refractivity contribution in [2.45, 2.75) is 39.0 Å². The number of carbonyl (C=O) groups is 1. The number of halogens is 1. The van der Waals surface area contributed by atoms with Crippen molar-refractivity contribution in [1.82, 2.24) is 25.2 Å². The molecule has 7 nitrogen and oxygen atoms in total. The topological polar surface area (TPSA) is 83.3 Å². The van der Waals surface area contributed by atoms with Gasteiger partial charge in [0.1, 0.15) is 5.82 Å².